The topological polar surface area (TPSA) is 41.6 Å². The second-order valence-electron chi connectivity index (χ2n) is 7.15. The number of methoxy groups -OCH3 is 1. The van der Waals surface area contributed by atoms with Gasteiger partial charge in [0, 0.05) is 18.6 Å². The molecule has 20 heavy (non-hydrogen) atoms. The molecule has 0 amide bonds. The van der Waals surface area contributed by atoms with Crippen LogP contribution in [-0.4, -0.2) is 49.2 Å². The normalized spacial score (nSPS) is 27.2. The van der Waals surface area contributed by atoms with E-state index in [0.717, 1.165) is 25.3 Å². The number of nitrogens with zero attached hydrogens (tertiary/aromatic N) is 1. The summed E-state index contributed by atoms with van der Waals surface area (Å²) in [4.78, 5) is 14.9. The Labute approximate surface area is 122 Å². The van der Waals surface area contributed by atoms with Gasteiger partial charge in [-0.1, -0.05) is 0 Å². The van der Waals surface area contributed by atoms with Crippen LogP contribution in [0, 0.1) is 11.8 Å². The molecule has 114 valence electrons. The van der Waals surface area contributed by atoms with Crippen LogP contribution >= 0.6 is 0 Å². The van der Waals surface area contributed by atoms with E-state index in [4.69, 9.17) is 4.74 Å². The number of esters is 1. The van der Waals surface area contributed by atoms with Crippen LogP contribution in [0.2, 0.25) is 0 Å². The second kappa shape index (κ2) is 5.30. The standard InChI is InChI=1S/C16H28N2O2/c1-11(12-4-5-12)18(2)10-16(13-6-7-13,15(19)20-3)17-14-8-9-14/h11-14,17H,4-10H2,1-3H3. The van der Waals surface area contributed by atoms with E-state index in [1.54, 1.807) is 0 Å². The van der Waals surface area contributed by atoms with E-state index in [0.29, 0.717) is 18.0 Å². The molecule has 0 aromatic heterocycles. The molecule has 0 bridgehead atoms. The zero-order chi connectivity index (χ0) is 14.3. The fourth-order valence-electron chi connectivity index (χ4n) is 3.41. The lowest BCUT2D eigenvalue weighted by Crippen LogP contribution is -2.62. The minimum absolute atomic E-state index is 0.0539. The average molecular weight is 280 g/mol. The minimum atomic E-state index is -0.464. The van der Waals surface area contributed by atoms with E-state index >= 15 is 0 Å². The summed E-state index contributed by atoms with van der Waals surface area (Å²) >= 11 is 0. The van der Waals surface area contributed by atoms with Gasteiger partial charge >= 0.3 is 5.97 Å². The van der Waals surface area contributed by atoms with Crippen molar-refractivity contribution in [2.45, 2.75) is 63.1 Å². The van der Waals surface area contributed by atoms with Gasteiger partial charge in [-0.25, -0.2) is 4.79 Å². The second-order valence-corrected chi connectivity index (χ2v) is 7.15. The molecule has 0 aromatic rings. The highest BCUT2D eigenvalue weighted by atomic mass is 16.5. The molecular formula is C16H28N2O2. The number of rotatable bonds is 8. The van der Waals surface area contributed by atoms with Crippen molar-refractivity contribution in [3.8, 4) is 0 Å². The molecule has 3 fully saturated rings. The van der Waals surface area contributed by atoms with Gasteiger partial charge in [0.05, 0.1) is 7.11 Å². The SMILES string of the molecule is COC(=O)C(CN(C)C(C)C1CC1)(NC1CC1)C1CC1. The zero-order valence-electron chi connectivity index (χ0n) is 13.0. The maximum Gasteiger partial charge on any atom is 0.327 e. The molecule has 0 heterocycles. The molecule has 0 aliphatic heterocycles. The molecule has 3 aliphatic rings. The van der Waals surface area contributed by atoms with Crippen molar-refractivity contribution in [1.82, 2.24) is 10.2 Å². The van der Waals surface area contributed by atoms with E-state index < -0.39 is 5.54 Å². The summed E-state index contributed by atoms with van der Waals surface area (Å²) in [6.45, 7) is 3.09. The Morgan fingerprint density at radius 2 is 1.95 bits per heavy atom. The quantitative estimate of drug-likeness (QED) is 0.688. The van der Waals surface area contributed by atoms with Crippen LogP contribution in [-0.2, 0) is 9.53 Å². The van der Waals surface area contributed by atoms with Gasteiger partial charge in [-0.3, -0.25) is 5.32 Å². The first-order chi connectivity index (χ1) is 9.56. The Balaban J connectivity index is 1.73. The van der Waals surface area contributed by atoms with Gasteiger partial charge in [-0.15, -0.1) is 0 Å². The Morgan fingerprint density at radius 1 is 1.30 bits per heavy atom. The van der Waals surface area contributed by atoms with E-state index in [9.17, 15) is 4.79 Å². The van der Waals surface area contributed by atoms with Crippen LogP contribution < -0.4 is 5.32 Å². The first-order valence-electron chi connectivity index (χ1n) is 8.13. The Hall–Kier alpha value is -0.610. The maximum atomic E-state index is 12.5. The van der Waals surface area contributed by atoms with Crippen molar-refractivity contribution < 1.29 is 9.53 Å². The third-order valence-electron chi connectivity index (χ3n) is 5.36. The van der Waals surface area contributed by atoms with Gasteiger partial charge in [0.15, 0.2) is 0 Å². The molecule has 4 nitrogen and oxygen atoms in total. The zero-order valence-corrected chi connectivity index (χ0v) is 13.0. The molecule has 2 atom stereocenters. The largest absolute Gasteiger partial charge is 0.468 e. The highest BCUT2D eigenvalue weighted by molar-refractivity contribution is 5.82. The van der Waals surface area contributed by atoms with Crippen LogP contribution in [0.5, 0.6) is 0 Å². The monoisotopic (exact) mass is 280 g/mol. The molecule has 0 saturated heterocycles. The first-order valence-corrected chi connectivity index (χ1v) is 8.13. The Morgan fingerprint density at radius 3 is 2.40 bits per heavy atom. The van der Waals surface area contributed by atoms with Crippen molar-refractivity contribution in [3.63, 3.8) is 0 Å². The fraction of sp³-hybridized carbons (Fsp3) is 0.938. The molecule has 3 saturated carbocycles. The summed E-state index contributed by atoms with van der Waals surface area (Å²) in [5.74, 6) is 1.24. The summed E-state index contributed by atoms with van der Waals surface area (Å²) in [7, 11) is 3.69. The molecule has 2 unspecified atom stereocenters. The molecule has 3 aliphatic carbocycles. The van der Waals surface area contributed by atoms with Gasteiger partial charge in [-0.05, 0) is 64.3 Å². The van der Waals surface area contributed by atoms with Crippen molar-refractivity contribution in [3.05, 3.63) is 0 Å². The summed E-state index contributed by atoms with van der Waals surface area (Å²) in [5.41, 5.74) is -0.464. The lowest BCUT2D eigenvalue weighted by atomic mass is 9.91. The van der Waals surface area contributed by atoms with Crippen LogP contribution in [0.3, 0.4) is 0 Å². The highest BCUT2D eigenvalue weighted by Gasteiger charge is 2.54. The molecular weight excluding hydrogens is 252 g/mol. The average Bonchev–Trinajstić information content (AvgIpc) is 3.31. The smallest absolute Gasteiger partial charge is 0.327 e. The molecule has 4 heteroatoms. The van der Waals surface area contributed by atoms with E-state index in [-0.39, 0.29) is 5.97 Å². The number of likely N-dealkylation sites (N-methyl/N-ethyl adjacent to an activating group) is 1. The number of ether oxygens (including phenoxy) is 1. The van der Waals surface area contributed by atoms with Crippen molar-refractivity contribution in [2.24, 2.45) is 11.8 Å². The van der Waals surface area contributed by atoms with Gasteiger partial charge in [0.2, 0.25) is 0 Å². The number of carbonyl (C=O) groups excluding carboxylic acids is 1. The Kier molecular flexibility index (Phi) is 3.80. The van der Waals surface area contributed by atoms with Crippen molar-refractivity contribution in [1.29, 1.82) is 0 Å². The maximum absolute atomic E-state index is 12.5. The predicted octanol–water partition coefficient (Wildman–Crippen LogP) is 1.79. The van der Waals surface area contributed by atoms with Gasteiger partial charge in [0.25, 0.3) is 0 Å². The van der Waals surface area contributed by atoms with Gasteiger partial charge < -0.3 is 9.64 Å². The summed E-state index contributed by atoms with van der Waals surface area (Å²) in [5, 5.41) is 3.65. The van der Waals surface area contributed by atoms with Gasteiger partial charge in [0.1, 0.15) is 5.54 Å². The lowest BCUT2D eigenvalue weighted by Gasteiger charge is -2.38. The first kappa shape index (κ1) is 14.3. The number of nitrogens with one attached hydrogen (secondary N) is 1. The van der Waals surface area contributed by atoms with Crippen molar-refractivity contribution in [2.75, 3.05) is 20.7 Å². The fourth-order valence-corrected chi connectivity index (χ4v) is 3.41. The molecule has 1 N–H and O–H groups in total. The third-order valence-corrected chi connectivity index (χ3v) is 5.36. The summed E-state index contributed by atoms with van der Waals surface area (Å²) in [6, 6.07) is 1.10. The lowest BCUT2D eigenvalue weighted by molar-refractivity contribution is -0.151. The third kappa shape index (κ3) is 2.86. The van der Waals surface area contributed by atoms with E-state index in [1.807, 2.05) is 0 Å². The number of hydrogen-bond acceptors (Lipinski definition) is 4. The molecule has 0 aromatic carbocycles. The predicted molar refractivity (Wildman–Crippen MR) is 78.4 cm³/mol. The Bertz CT molecular complexity index is 375. The van der Waals surface area contributed by atoms with Crippen LogP contribution in [0.4, 0.5) is 0 Å². The van der Waals surface area contributed by atoms with E-state index in [2.05, 4.69) is 24.2 Å². The van der Waals surface area contributed by atoms with Crippen LogP contribution in [0.1, 0.15) is 45.4 Å². The van der Waals surface area contributed by atoms with E-state index in [1.165, 1.54) is 32.8 Å². The van der Waals surface area contributed by atoms with Crippen molar-refractivity contribution >= 4 is 5.97 Å². The molecule has 0 spiro atoms. The highest BCUT2D eigenvalue weighted by Crippen LogP contribution is 2.44. The van der Waals surface area contributed by atoms with Gasteiger partial charge in [-0.2, -0.15) is 0 Å². The molecule has 0 radical (unpaired) electrons. The number of hydrogen-bond donors (Lipinski definition) is 1. The number of carbonyl (C=O) groups is 1. The van der Waals surface area contributed by atoms with Crippen LogP contribution in [0.25, 0.3) is 0 Å². The minimum Gasteiger partial charge on any atom is -0.468 e. The summed E-state index contributed by atoms with van der Waals surface area (Å²) < 4.78 is 5.17. The molecule has 3 rings (SSSR count). The summed E-state index contributed by atoms with van der Waals surface area (Å²) in [6.07, 6.45) is 7.40. The van der Waals surface area contributed by atoms with Crippen LogP contribution in [0.15, 0.2) is 0 Å².